The molecule has 0 unspecified atom stereocenters. The van der Waals surface area contributed by atoms with Crippen molar-refractivity contribution in [3.05, 3.63) is 22.4 Å². The first-order valence-corrected chi connectivity index (χ1v) is 5.47. The van der Waals surface area contributed by atoms with E-state index in [2.05, 4.69) is 6.07 Å². The summed E-state index contributed by atoms with van der Waals surface area (Å²) in [7, 11) is 1.91. The summed E-state index contributed by atoms with van der Waals surface area (Å²) in [5, 5.41) is 2.04. The average molecular weight is 213 g/mol. The summed E-state index contributed by atoms with van der Waals surface area (Å²) in [6.45, 7) is 3.42. The maximum Gasteiger partial charge on any atom is 0.320 e. The van der Waals surface area contributed by atoms with Gasteiger partial charge in [0.05, 0.1) is 13.2 Å². The molecule has 0 aliphatic carbocycles. The number of hydrogen-bond donors (Lipinski definition) is 0. The summed E-state index contributed by atoms with van der Waals surface area (Å²) in [5.74, 6) is -0.161. The molecule has 0 radical (unpaired) electrons. The minimum absolute atomic E-state index is 0.161. The molecule has 0 aliphatic heterocycles. The number of likely N-dealkylation sites (N-methyl/N-ethyl adjacent to an activating group) is 1. The first-order chi connectivity index (χ1) is 6.72. The highest BCUT2D eigenvalue weighted by atomic mass is 32.1. The molecule has 78 valence electrons. The molecule has 4 heteroatoms. The smallest absolute Gasteiger partial charge is 0.320 e. The van der Waals surface area contributed by atoms with Crippen LogP contribution in [0.4, 0.5) is 0 Å². The lowest BCUT2D eigenvalue weighted by molar-refractivity contribution is -0.144. The number of esters is 1. The SMILES string of the molecule is CCOC(=O)CN(C)Cc1cccs1. The lowest BCUT2D eigenvalue weighted by Gasteiger charge is -2.13. The maximum absolute atomic E-state index is 11.1. The number of hydrogen-bond acceptors (Lipinski definition) is 4. The van der Waals surface area contributed by atoms with Gasteiger partial charge in [-0.2, -0.15) is 0 Å². The van der Waals surface area contributed by atoms with Crippen LogP contribution in [-0.4, -0.2) is 31.1 Å². The number of carbonyl (C=O) groups is 1. The second kappa shape index (κ2) is 5.78. The van der Waals surface area contributed by atoms with E-state index < -0.39 is 0 Å². The number of ether oxygens (including phenoxy) is 1. The van der Waals surface area contributed by atoms with Gasteiger partial charge in [0.1, 0.15) is 0 Å². The van der Waals surface area contributed by atoms with E-state index in [4.69, 9.17) is 4.74 Å². The molecule has 0 aliphatic rings. The van der Waals surface area contributed by atoms with Gasteiger partial charge in [0.15, 0.2) is 0 Å². The topological polar surface area (TPSA) is 29.5 Å². The third-order valence-electron chi connectivity index (χ3n) is 1.71. The van der Waals surface area contributed by atoms with E-state index in [0.717, 1.165) is 6.54 Å². The first-order valence-electron chi connectivity index (χ1n) is 4.59. The molecule has 1 rings (SSSR count). The Hall–Kier alpha value is -0.870. The Morgan fingerprint density at radius 3 is 3.00 bits per heavy atom. The normalized spacial score (nSPS) is 10.5. The summed E-state index contributed by atoms with van der Waals surface area (Å²) >= 11 is 1.70. The predicted molar refractivity (Wildman–Crippen MR) is 57.3 cm³/mol. The van der Waals surface area contributed by atoms with Crippen LogP contribution in [0.1, 0.15) is 11.8 Å². The quantitative estimate of drug-likeness (QED) is 0.698. The van der Waals surface area contributed by atoms with Gasteiger partial charge in [-0.15, -0.1) is 11.3 Å². The summed E-state index contributed by atoms with van der Waals surface area (Å²) in [4.78, 5) is 14.3. The molecule has 0 saturated heterocycles. The van der Waals surface area contributed by atoms with Crippen molar-refractivity contribution in [3.8, 4) is 0 Å². The molecule has 1 aromatic heterocycles. The molecular weight excluding hydrogens is 198 g/mol. The van der Waals surface area contributed by atoms with Crippen molar-refractivity contribution < 1.29 is 9.53 Å². The van der Waals surface area contributed by atoms with E-state index in [1.54, 1.807) is 11.3 Å². The Morgan fingerprint density at radius 1 is 1.64 bits per heavy atom. The van der Waals surface area contributed by atoms with Gasteiger partial charge in [-0.3, -0.25) is 9.69 Å². The second-order valence-electron chi connectivity index (χ2n) is 3.06. The van der Waals surface area contributed by atoms with E-state index in [-0.39, 0.29) is 5.97 Å². The molecule has 0 fully saturated rings. The van der Waals surface area contributed by atoms with Crippen LogP contribution in [0.15, 0.2) is 17.5 Å². The highest BCUT2D eigenvalue weighted by molar-refractivity contribution is 7.09. The highest BCUT2D eigenvalue weighted by Gasteiger charge is 2.07. The van der Waals surface area contributed by atoms with Crippen molar-refractivity contribution in [2.45, 2.75) is 13.5 Å². The second-order valence-corrected chi connectivity index (χ2v) is 4.09. The van der Waals surface area contributed by atoms with Crippen molar-refractivity contribution >= 4 is 17.3 Å². The first kappa shape index (κ1) is 11.2. The molecule has 1 aromatic rings. The van der Waals surface area contributed by atoms with Gasteiger partial charge in [0, 0.05) is 11.4 Å². The van der Waals surface area contributed by atoms with E-state index in [0.29, 0.717) is 13.2 Å². The molecule has 3 nitrogen and oxygen atoms in total. The minimum Gasteiger partial charge on any atom is -0.465 e. The fourth-order valence-electron chi connectivity index (χ4n) is 1.15. The number of thiophene rings is 1. The molecule has 0 spiro atoms. The Labute approximate surface area is 88.3 Å². The van der Waals surface area contributed by atoms with Crippen LogP contribution in [0.5, 0.6) is 0 Å². The van der Waals surface area contributed by atoms with Crippen LogP contribution >= 0.6 is 11.3 Å². The lowest BCUT2D eigenvalue weighted by Crippen LogP contribution is -2.26. The Balaban J connectivity index is 2.29. The van der Waals surface area contributed by atoms with Gasteiger partial charge in [-0.05, 0) is 25.4 Å². The fourth-order valence-corrected chi connectivity index (χ4v) is 1.94. The largest absolute Gasteiger partial charge is 0.465 e. The molecule has 0 amide bonds. The summed E-state index contributed by atoms with van der Waals surface area (Å²) < 4.78 is 4.85. The van der Waals surface area contributed by atoms with Gasteiger partial charge >= 0.3 is 5.97 Å². The average Bonchev–Trinajstić information content (AvgIpc) is 2.56. The summed E-state index contributed by atoms with van der Waals surface area (Å²) in [6, 6.07) is 4.07. The third kappa shape index (κ3) is 3.89. The molecule has 0 aromatic carbocycles. The Kier molecular flexibility index (Phi) is 4.62. The van der Waals surface area contributed by atoms with Crippen molar-refractivity contribution in [1.29, 1.82) is 0 Å². The molecule has 0 N–H and O–H groups in total. The van der Waals surface area contributed by atoms with Crippen LogP contribution < -0.4 is 0 Å². The predicted octanol–water partition coefficient (Wildman–Crippen LogP) is 1.74. The van der Waals surface area contributed by atoms with E-state index in [1.165, 1.54) is 4.88 Å². The van der Waals surface area contributed by atoms with Gasteiger partial charge in [0.25, 0.3) is 0 Å². The van der Waals surface area contributed by atoms with E-state index >= 15 is 0 Å². The van der Waals surface area contributed by atoms with Gasteiger partial charge in [0.2, 0.25) is 0 Å². The third-order valence-corrected chi connectivity index (χ3v) is 2.57. The number of carbonyl (C=O) groups excluding carboxylic acids is 1. The molecule has 0 atom stereocenters. The van der Waals surface area contributed by atoms with Crippen LogP contribution in [0.3, 0.4) is 0 Å². The zero-order valence-corrected chi connectivity index (χ0v) is 9.34. The van der Waals surface area contributed by atoms with Crippen molar-refractivity contribution in [3.63, 3.8) is 0 Å². The van der Waals surface area contributed by atoms with Gasteiger partial charge < -0.3 is 4.74 Å². The van der Waals surface area contributed by atoms with Crippen LogP contribution in [-0.2, 0) is 16.1 Å². The van der Waals surface area contributed by atoms with Gasteiger partial charge in [-0.25, -0.2) is 0 Å². The standard InChI is InChI=1S/C10H15NO2S/c1-3-13-10(12)8-11(2)7-9-5-4-6-14-9/h4-6H,3,7-8H2,1-2H3. The zero-order chi connectivity index (χ0) is 10.4. The van der Waals surface area contributed by atoms with Crippen molar-refractivity contribution in [2.75, 3.05) is 20.2 Å². The summed E-state index contributed by atoms with van der Waals surface area (Å²) in [5.41, 5.74) is 0. The van der Waals surface area contributed by atoms with Crippen LogP contribution in [0.25, 0.3) is 0 Å². The minimum atomic E-state index is -0.161. The molecular formula is C10H15NO2S. The molecule has 14 heavy (non-hydrogen) atoms. The molecule has 0 bridgehead atoms. The van der Waals surface area contributed by atoms with E-state index in [9.17, 15) is 4.79 Å². The summed E-state index contributed by atoms with van der Waals surface area (Å²) in [6.07, 6.45) is 0. The zero-order valence-electron chi connectivity index (χ0n) is 8.53. The highest BCUT2D eigenvalue weighted by Crippen LogP contribution is 2.10. The maximum atomic E-state index is 11.1. The van der Waals surface area contributed by atoms with Crippen LogP contribution in [0, 0.1) is 0 Å². The monoisotopic (exact) mass is 213 g/mol. The molecule has 0 saturated carbocycles. The van der Waals surface area contributed by atoms with Gasteiger partial charge in [-0.1, -0.05) is 6.07 Å². The van der Waals surface area contributed by atoms with Crippen molar-refractivity contribution in [1.82, 2.24) is 4.90 Å². The lowest BCUT2D eigenvalue weighted by atomic mass is 10.4. The number of rotatable bonds is 5. The fraction of sp³-hybridized carbons (Fsp3) is 0.500. The Bertz CT molecular complexity index is 272. The Morgan fingerprint density at radius 2 is 2.43 bits per heavy atom. The van der Waals surface area contributed by atoms with E-state index in [1.807, 2.05) is 30.3 Å². The van der Waals surface area contributed by atoms with Crippen LogP contribution in [0.2, 0.25) is 0 Å². The number of nitrogens with zero attached hydrogens (tertiary/aromatic N) is 1. The van der Waals surface area contributed by atoms with Crippen molar-refractivity contribution in [2.24, 2.45) is 0 Å². The molecule has 1 heterocycles.